The molecular formula is C12H27O5P. The Bertz CT molecular complexity index is 191. The second-order valence-corrected chi connectivity index (χ2v) is 4.95. The third kappa shape index (κ3) is 11.3. The van der Waals surface area contributed by atoms with Gasteiger partial charge in [0.15, 0.2) is 0 Å². The van der Waals surface area contributed by atoms with Crippen molar-refractivity contribution < 1.29 is 23.8 Å². The first-order valence-electron chi connectivity index (χ1n) is 6.30. The number of hydrogen-bond acceptors (Lipinski definition) is 5. The van der Waals surface area contributed by atoms with E-state index in [0.717, 1.165) is 0 Å². The average Bonchev–Trinajstić information content (AvgIpc) is 2.26. The Morgan fingerprint density at radius 2 is 1.50 bits per heavy atom. The van der Waals surface area contributed by atoms with Crippen LogP contribution in [0.3, 0.4) is 0 Å². The van der Waals surface area contributed by atoms with E-state index >= 15 is 0 Å². The van der Waals surface area contributed by atoms with Crippen molar-refractivity contribution >= 4 is 9.47 Å². The van der Waals surface area contributed by atoms with Crippen LogP contribution in [0.2, 0.25) is 0 Å². The van der Waals surface area contributed by atoms with E-state index in [2.05, 4.69) is 9.47 Å². The number of aliphatic hydroxyl groups is 1. The largest absolute Gasteiger partial charge is 0.391 e. The smallest absolute Gasteiger partial charge is 0.0788 e. The third-order valence-electron chi connectivity index (χ3n) is 2.12. The maximum atomic E-state index is 9.03. The molecular weight excluding hydrogens is 255 g/mol. The van der Waals surface area contributed by atoms with Crippen LogP contribution in [0.4, 0.5) is 0 Å². The summed E-state index contributed by atoms with van der Waals surface area (Å²) in [6.45, 7) is 9.41. The molecule has 0 heterocycles. The zero-order valence-electron chi connectivity index (χ0n) is 11.8. The summed E-state index contributed by atoms with van der Waals surface area (Å²) < 4.78 is 21.4. The van der Waals surface area contributed by atoms with Gasteiger partial charge in [0, 0.05) is 9.47 Å². The van der Waals surface area contributed by atoms with Gasteiger partial charge in [-0.3, -0.25) is 0 Å². The lowest BCUT2D eigenvalue weighted by molar-refractivity contribution is -0.0855. The first-order valence-corrected chi connectivity index (χ1v) is 6.77. The van der Waals surface area contributed by atoms with E-state index in [0.29, 0.717) is 26.4 Å². The van der Waals surface area contributed by atoms with E-state index in [1.807, 2.05) is 20.8 Å². The van der Waals surface area contributed by atoms with Gasteiger partial charge in [-0.25, -0.2) is 0 Å². The molecule has 6 heteroatoms. The molecule has 0 saturated carbocycles. The third-order valence-corrected chi connectivity index (χ3v) is 2.32. The van der Waals surface area contributed by atoms with Crippen LogP contribution in [0.15, 0.2) is 0 Å². The topological polar surface area (TPSA) is 57.2 Å². The molecule has 0 rings (SSSR count). The first-order chi connectivity index (χ1) is 8.45. The number of rotatable bonds is 11. The molecule has 1 N–H and O–H groups in total. The highest BCUT2D eigenvalue weighted by molar-refractivity contribution is 7.09. The predicted octanol–water partition coefficient (Wildman–Crippen LogP) is 1.39. The van der Waals surface area contributed by atoms with E-state index in [1.165, 1.54) is 0 Å². The fraction of sp³-hybridized carbons (Fsp3) is 1.00. The lowest BCUT2D eigenvalue weighted by Crippen LogP contribution is -2.28. The SMILES string of the molecule is CC(O)COCC(C)OCC(C)OC(C)COP. The summed E-state index contributed by atoms with van der Waals surface area (Å²) in [4.78, 5) is 0. The van der Waals surface area contributed by atoms with Gasteiger partial charge in [-0.1, -0.05) is 0 Å². The van der Waals surface area contributed by atoms with Crippen molar-refractivity contribution in [1.82, 2.24) is 0 Å². The summed E-state index contributed by atoms with van der Waals surface area (Å²) in [5, 5.41) is 9.03. The van der Waals surface area contributed by atoms with Crippen LogP contribution in [0.25, 0.3) is 0 Å². The second kappa shape index (κ2) is 11.1. The highest BCUT2D eigenvalue weighted by Gasteiger charge is 2.11. The maximum absolute atomic E-state index is 9.03. The van der Waals surface area contributed by atoms with E-state index < -0.39 is 6.10 Å². The summed E-state index contributed by atoms with van der Waals surface area (Å²) in [5.41, 5.74) is 0. The van der Waals surface area contributed by atoms with Gasteiger partial charge in [-0.2, -0.15) is 0 Å². The quantitative estimate of drug-likeness (QED) is 0.580. The van der Waals surface area contributed by atoms with Crippen molar-refractivity contribution in [2.75, 3.05) is 26.4 Å². The van der Waals surface area contributed by atoms with Gasteiger partial charge >= 0.3 is 0 Å². The Morgan fingerprint density at radius 1 is 0.889 bits per heavy atom. The fourth-order valence-electron chi connectivity index (χ4n) is 1.36. The summed E-state index contributed by atoms with van der Waals surface area (Å²) >= 11 is 0. The van der Waals surface area contributed by atoms with Crippen LogP contribution in [0.1, 0.15) is 27.7 Å². The van der Waals surface area contributed by atoms with Crippen molar-refractivity contribution in [3.8, 4) is 0 Å². The van der Waals surface area contributed by atoms with Crippen LogP contribution in [0.5, 0.6) is 0 Å². The van der Waals surface area contributed by atoms with E-state index in [9.17, 15) is 0 Å². The van der Waals surface area contributed by atoms with E-state index in [-0.39, 0.29) is 18.3 Å². The van der Waals surface area contributed by atoms with Crippen LogP contribution in [-0.4, -0.2) is 55.9 Å². The first kappa shape index (κ1) is 18.2. The molecule has 5 atom stereocenters. The minimum absolute atomic E-state index is 0.0110. The molecule has 5 unspecified atom stereocenters. The zero-order chi connectivity index (χ0) is 14.0. The molecule has 0 aromatic carbocycles. The van der Waals surface area contributed by atoms with Crippen LogP contribution < -0.4 is 0 Å². The Balaban J connectivity index is 3.55. The van der Waals surface area contributed by atoms with Crippen molar-refractivity contribution in [3.05, 3.63) is 0 Å². The number of ether oxygens (including phenoxy) is 3. The lowest BCUT2D eigenvalue weighted by atomic mass is 10.3. The van der Waals surface area contributed by atoms with Crippen LogP contribution in [0, 0.1) is 0 Å². The van der Waals surface area contributed by atoms with Crippen molar-refractivity contribution in [3.63, 3.8) is 0 Å². The monoisotopic (exact) mass is 282 g/mol. The molecule has 0 spiro atoms. The molecule has 0 fully saturated rings. The average molecular weight is 282 g/mol. The van der Waals surface area contributed by atoms with Crippen molar-refractivity contribution in [1.29, 1.82) is 0 Å². The van der Waals surface area contributed by atoms with Gasteiger partial charge in [0.25, 0.3) is 0 Å². The van der Waals surface area contributed by atoms with Gasteiger partial charge in [0.1, 0.15) is 0 Å². The molecule has 0 aliphatic heterocycles. The maximum Gasteiger partial charge on any atom is 0.0788 e. The Labute approximate surface area is 112 Å². The zero-order valence-corrected chi connectivity index (χ0v) is 13.0. The summed E-state index contributed by atoms with van der Waals surface area (Å²) in [5.74, 6) is 0. The molecule has 0 aliphatic rings. The lowest BCUT2D eigenvalue weighted by Gasteiger charge is -2.21. The van der Waals surface area contributed by atoms with Crippen LogP contribution >= 0.6 is 9.47 Å². The molecule has 0 aromatic rings. The highest BCUT2D eigenvalue weighted by Crippen LogP contribution is 2.03. The van der Waals surface area contributed by atoms with E-state index in [4.69, 9.17) is 23.8 Å². The normalized spacial score (nSPS) is 18.3. The molecule has 0 amide bonds. The Morgan fingerprint density at radius 3 is 2.06 bits per heavy atom. The number of hydrogen-bond donors (Lipinski definition) is 1. The molecule has 0 aromatic heterocycles. The van der Waals surface area contributed by atoms with Crippen LogP contribution in [-0.2, 0) is 18.7 Å². The molecule has 0 saturated heterocycles. The van der Waals surface area contributed by atoms with Gasteiger partial charge in [0.05, 0.1) is 50.8 Å². The van der Waals surface area contributed by atoms with E-state index in [1.54, 1.807) is 6.92 Å². The molecule has 5 nitrogen and oxygen atoms in total. The molecule has 0 radical (unpaired) electrons. The fourth-order valence-corrected chi connectivity index (χ4v) is 1.63. The minimum Gasteiger partial charge on any atom is -0.391 e. The second-order valence-electron chi connectivity index (χ2n) is 4.62. The highest BCUT2D eigenvalue weighted by atomic mass is 31.0. The van der Waals surface area contributed by atoms with Crippen molar-refractivity contribution in [2.24, 2.45) is 0 Å². The van der Waals surface area contributed by atoms with Gasteiger partial charge in [-0.15, -0.1) is 0 Å². The van der Waals surface area contributed by atoms with Gasteiger partial charge in [-0.05, 0) is 27.7 Å². The summed E-state index contributed by atoms with van der Waals surface area (Å²) in [7, 11) is 2.21. The molecule has 18 heavy (non-hydrogen) atoms. The molecule has 0 bridgehead atoms. The van der Waals surface area contributed by atoms with Gasteiger partial charge < -0.3 is 23.8 Å². The Kier molecular flexibility index (Phi) is 11.2. The summed E-state index contributed by atoms with van der Waals surface area (Å²) in [6, 6.07) is 0. The molecule has 110 valence electrons. The minimum atomic E-state index is -0.438. The number of aliphatic hydroxyl groups excluding tert-OH is 1. The van der Waals surface area contributed by atoms with Crippen molar-refractivity contribution in [2.45, 2.75) is 52.1 Å². The predicted molar refractivity (Wildman–Crippen MR) is 73.6 cm³/mol. The standard InChI is InChI=1S/C12H27O5P/c1-9(13)5-14-6-10(2)15-7-11(3)17-12(4)8-16-18/h9-13H,5-8,18H2,1-4H3. The molecule has 0 aliphatic carbocycles. The Hall–Kier alpha value is 0.230. The summed E-state index contributed by atoms with van der Waals surface area (Å²) in [6.07, 6.45) is -0.391. The van der Waals surface area contributed by atoms with Gasteiger partial charge in [0.2, 0.25) is 0 Å².